The van der Waals surface area contributed by atoms with E-state index in [0.717, 1.165) is 0 Å². The van der Waals surface area contributed by atoms with Gasteiger partial charge in [0.1, 0.15) is 0 Å². The molecule has 0 amide bonds. The van der Waals surface area contributed by atoms with Gasteiger partial charge in [-0.1, -0.05) is 6.58 Å². The normalized spacial score (nSPS) is 9.50. The molecule has 0 fully saturated rings. The van der Waals surface area contributed by atoms with Crippen LogP contribution in [0.3, 0.4) is 0 Å². The highest BCUT2D eigenvalue weighted by Crippen LogP contribution is 2.26. The van der Waals surface area contributed by atoms with E-state index in [0.29, 0.717) is 11.3 Å². The zero-order valence-corrected chi connectivity index (χ0v) is 10.8. The van der Waals surface area contributed by atoms with Crippen molar-refractivity contribution in [1.82, 2.24) is 10.3 Å². The Labute approximate surface area is 113 Å². The largest absolute Gasteiger partial charge is 0.466 e. The number of ether oxygens (including phenoxy) is 1. The lowest BCUT2D eigenvalue weighted by atomic mass is 10.2. The summed E-state index contributed by atoms with van der Waals surface area (Å²) in [6, 6.07) is 2.66. The number of hydrogen-bond donors (Lipinski definition) is 1. The maximum atomic E-state index is 10.5. The number of esters is 1. The number of fused-ring (bicyclic) bond motifs is 1. The molecular formula is C11H12N4O5. The molecule has 0 unspecified atom stereocenters. The van der Waals surface area contributed by atoms with E-state index in [9.17, 15) is 14.9 Å². The van der Waals surface area contributed by atoms with Gasteiger partial charge in [-0.25, -0.2) is 9.42 Å². The first kappa shape index (κ1) is 15.1. The molecule has 2 N–H and O–H groups in total. The molecule has 0 atom stereocenters. The number of nitrogen functional groups attached to an aromatic ring is 1. The number of anilines is 1. The summed E-state index contributed by atoms with van der Waals surface area (Å²) in [5.74, 6) is -0.347. The SMILES string of the molecule is C=C(C)C(=O)OC.Nc1ccc([N+](=O)[O-])c2nonc12. The van der Waals surface area contributed by atoms with Crippen LogP contribution in [-0.2, 0) is 9.53 Å². The number of nitrogens with zero attached hydrogens (tertiary/aromatic N) is 3. The highest BCUT2D eigenvalue weighted by Gasteiger charge is 2.17. The third kappa shape index (κ3) is 3.28. The molecule has 0 spiro atoms. The number of benzene rings is 1. The number of nitro benzene ring substituents is 1. The van der Waals surface area contributed by atoms with Crippen LogP contribution in [0.15, 0.2) is 28.9 Å². The molecule has 0 aliphatic heterocycles. The molecule has 1 aromatic carbocycles. The van der Waals surface area contributed by atoms with Crippen LogP contribution in [0.2, 0.25) is 0 Å². The van der Waals surface area contributed by atoms with Gasteiger partial charge in [0.25, 0.3) is 0 Å². The molecule has 2 aromatic rings. The van der Waals surface area contributed by atoms with E-state index in [1.807, 2.05) is 0 Å². The summed E-state index contributed by atoms with van der Waals surface area (Å²) in [4.78, 5) is 20.1. The predicted molar refractivity (Wildman–Crippen MR) is 69.7 cm³/mol. The smallest absolute Gasteiger partial charge is 0.332 e. The summed E-state index contributed by atoms with van der Waals surface area (Å²) < 4.78 is 8.63. The molecule has 0 aliphatic rings. The van der Waals surface area contributed by atoms with Crippen molar-refractivity contribution in [1.29, 1.82) is 0 Å². The van der Waals surface area contributed by atoms with E-state index in [1.54, 1.807) is 6.92 Å². The van der Waals surface area contributed by atoms with Crippen LogP contribution in [0.25, 0.3) is 11.0 Å². The molecule has 1 heterocycles. The Morgan fingerprint density at radius 2 is 2.05 bits per heavy atom. The fourth-order valence-electron chi connectivity index (χ4n) is 1.19. The van der Waals surface area contributed by atoms with E-state index < -0.39 is 4.92 Å². The molecule has 0 aliphatic carbocycles. The minimum absolute atomic E-state index is 0.0741. The van der Waals surface area contributed by atoms with Crippen molar-refractivity contribution in [2.45, 2.75) is 6.92 Å². The number of non-ortho nitro benzene ring substituents is 1. The van der Waals surface area contributed by atoms with Crippen molar-refractivity contribution in [3.05, 3.63) is 34.4 Å². The Kier molecular flexibility index (Phi) is 4.73. The second-order valence-electron chi connectivity index (χ2n) is 3.66. The van der Waals surface area contributed by atoms with Crippen molar-refractivity contribution in [2.24, 2.45) is 0 Å². The van der Waals surface area contributed by atoms with Crippen molar-refractivity contribution in [3.8, 4) is 0 Å². The zero-order chi connectivity index (χ0) is 15.3. The molecule has 2 rings (SSSR count). The molecule has 0 bridgehead atoms. The zero-order valence-electron chi connectivity index (χ0n) is 10.8. The fourth-order valence-corrected chi connectivity index (χ4v) is 1.19. The second-order valence-corrected chi connectivity index (χ2v) is 3.66. The number of nitrogens with two attached hydrogens (primary N) is 1. The minimum Gasteiger partial charge on any atom is -0.466 e. The van der Waals surface area contributed by atoms with Crippen LogP contribution in [0.5, 0.6) is 0 Å². The molecule has 0 radical (unpaired) electrons. The molecule has 9 heteroatoms. The summed E-state index contributed by atoms with van der Waals surface area (Å²) in [5, 5.41) is 17.3. The summed E-state index contributed by atoms with van der Waals surface area (Å²) in [7, 11) is 1.33. The number of carbonyl (C=O) groups excluding carboxylic acids is 1. The summed E-state index contributed by atoms with van der Waals surface area (Å²) in [6.45, 7) is 4.95. The van der Waals surface area contributed by atoms with Crippen molar-refractivity contribution < 1.29 is 19.1 Å². The molecule has 1 aromatic heterocycles. The number of hydrogen-bond acceptors (Lipinski definition) is 8. The minimum atomic E-state index is -0.564. The van der Waals surface area contributed by atoms with Gasteiger partial charge in [-0.15, -0.1) is 0 Å². The fraction of sp³-hybridized carbons (Fsp3) is 0.182. The highest BCUT2D eigenvalue weighted by molar-refractivity contribution is 5.92. The van der Waals surface area contributed by atoms with Gasteiger partial charge >= 0.3 is 11.7 Å². The average molecular weight is 280 g/mol. The van der Waals surface area contributed by atoms with Crippen molar-refractivity contribution in [3.63, 3.8) is 0 Å². The summed E-state index contributed by atoms with van der Waals surface area (Å²) in [6.07, 6.45) is 0. The highest BCUT2D eigenvalue weighted by atomic mass is 16.6. The van der Waals surface area contributed by atoms with Crippen LogP contribution in [0.4, 0.5) is 11.4 Å². The maximum absolute atomic E-state index is 10.5. The van der Waals surface area contributed by atoms with Gasteiger partial charge in [0.2, 0.25) is 5.52 Å². The molecule has 0 saturated carbocycles. The number of rotatable bonds is 2. The second kappa shape index (κ2) is 6.27. The van der Waals surface area contributed by atoms with Gasteiger partial charge in [-0.05, 0) is 23.3 Å². The van der Waals surface area contributed by atoms with Gasteiger partial charge in [-0.2, -0.15) is 0 Å². The molecule has 106 valence electrons. The maximum Gasteiger partial charge on any atom is 0.332 e. The number of methoxy groups -OCH3 is 1. The van der Waals surface area contributed by atoms with Gasteiger partial charge < -0.3 is 10.5 Å². The summed E-state index contributed by atoms with van der Waals surface area (Å²) >= 11 is 0. The Bertz CT molecular complexity index is 664. The van der Waals surface area contributed by atoms with Crippen LogP contribution >= 0.6 is 0 Å². The van der Waals surface area contributed by atoms with Gasteiger partial charge in [0.15, 0.2) is 5.52 Å². The van der Waals surface area contributed by atoms with E-state index in [1.165, 1.54) is 19.2 Å². The first-order valence-corrected chi connectivity index (χ1v) is 5.27. The van der Waals surface area contributed by atoms with Gasteiger partial charge in [0, 0.05) is 11.6 Å². The van der Waals surface area contributed by atoms with E-state index in [4.69, 9.17) is 5.73 Å². The topological polar surface area (TPSA) is 134 Å². The molecule has 0 saturated heterocycles. The lowest BCUT2D eigenvalue weighted by Gasteiger charge is -1.92. The predicted octanol–water partition coefficient (Wildman–Crippen LogP) is 1.45. The lowest BCUT2D eigenvalue weighted by Crippen LogP contribution is -1.98. The third-order valence-electron chi connectivity index (χ3n) is 2.16. The third-order valence-corrected chi connectivity index (χ3v) is 2.16. The number of aromatic nitrogens is 2. The molecular weight excluding hydrogens is 268 g/mol. The first-order valence-electron chi connectivity index (χ1n) is 5.27. The Morgan fingerprint density at radius 3 is 2.50 bits per heavy atom. The Balaban J connectivity index is 0.000000246. The Hall–Kier alpha value is -2.97. The van der Waals surface area contributed by atoms with Crippen molar-refractivity contribution in [2.75, 3.05) is 12.8 Å². The average Bonchev–Trinajstić information content (AvgIpc) is 2.88. The Morgan fingerprint density at radius 1 is 1.45 bits per heavy atom. The van der Waals surface area contributed by atoms with Crippen LogP contribution < -0.4 is 5.73 Å². The van der Waals surface area contributed by atoms with E-state index in [-0.39, 0.29) is 22.7 Å². The standard InChI is InChI=1S/C6H4N4O3.C5H8O2/c7-3-1-2-4(10(11)12)6-5(3)8-13-9-6;1-4(2)5(6)7-3/h1-2H,7H2;1H2,2-3H3. The van der Waals surface area contributed by atoms with Crippen molar-refractivity contribution >= 4 is 28.4 Å². The number of nitro groups is 1. The monoisotopic (exact) mass is 280 g/mol. The number of carbonyl (C=O) groups is 1. The van der Waals surface area contributed by atoms with Crippen LogP contribution in [0, 0.1) is 10.1 Å². The van der Waals surface area contributed by atoms with E-state index in [2.05, 4.69) is 26.3 Å². The first-order chi connectivity index (χ1) is 9.38. The summed E-state index contributed by atoms with van der Waals surface area (Å²) in [5.41, 5.74) is 6.35. The van der Waals surface area contributed by atoms with Crippen LogP contribution in [0.1, 0.15) is 6.92 Å². The lowest BCUT2D eigenvalue weighted by molar-refractivity contribution is -0.383. The van der Waals surface area contributed by atoms with Gasteiger partial charge in [-0.3, -0.25) is 10.1 Å². The molecule has 9 nitrogen and oxygen atoms in total. The van der Waals surface area contributed by atoms with E-state index >= 15 is 0 Å². The van der Waals surface area contributed by atoms with Crippen LogP contribution in [-0.4, -0.2) is 28.3 Å². The molecule has 20 heavy (non-hydrogen) atoms. The quantitative estimate of drug-likeness (QED) is 0.287. The van der Waals surface area contributed by atoms with Gasteiger partial charge in [0.05, 0.1) is 17.7 Å².